The first-order chi connectivity index (χ1) is 9.17. The van der Waals surface area contributed by atoms with E-state index in [2.05, 4.69) is 23.4 Å². The van der Waals surface area contributed by atoms with Gasteiger partial charge in [0.2, 0.25) is 0 Å². The maximum atomic E-state index is 6.26. The predicted molar refractivity (Wildman–Crippen MR) is 78.9 cm³/mol. The summed E-state index contributed by atoms with van der Waals surface area (Å²) in [5.74, 6) is 1.84. The third kappa shape index (κ3) is 2.78. The molecule has 0 aliphatic carbocycles. The van der Waals surface area contributed by atoms with E-state index in [1.807, 2.05) is 25.3 Å². The minimum Gasteiger partial charge on any atom is -0.383 e. The first-order valence-corrected chi connectivity index (χ1v) is 6.95. The summed E-state index contributed by atoms with van der Waals surface area (Å²) in [4.78, 5) is 9.04. The Hall–Kier alpha value is -1.84. The number of hydrogen-bond acceptors (Lipinski definition) is 3. The van der Waals surface area contributed by atoms with Crippen molar-refractivity contribution >= 4 is 5.82 Å². The minimum atomic E-state index is 0.760. The van der Waals surface area contributed by atoms with Crippen LogP contribution in [0.5, 0.6) is 0 Å². The molecule has 2 heterocycles. The van der Waals surface area contributed by atoms with Gasteiger partial charge in [-0.1, -0.05) is 13.8 Å². The fourth-order valence-electron chi connectivity index (χ4n) is 2.22. The van der Waals surface area contributed by atoms with Crippen molar-refractivity contribution < 1.29 is 0 Å². The molecule has 19 heavy (non-hydrogen) atoms. The van der Waals surface area contributed by atoms with E-state index in [0.29, 0.717) is 0 Å². The Balaban J connectivity index is 2.45. The van der Waals surface area contributed by atoms with Gasteiger partial charge in [0, 0.05) is 30.4 Å². The third-order valence-electron chi connectivity index (χ3n) is 3.19. The van der Waals surface area contributed by atoms with Crippen molar-refractivity contribution in [3.8, 4) is 11.3 Å². The molecule has 0 fully saturated rings. The predicted octanol–water partition coefficient (Wildman–Crippen LogP) is 3.20. The van der Waals surface area contributed by atoms with Gasteiger partial charge in [0.05, 0.1) is 0 Å². The largest absolute Gasteiger partial charge is 0.383 e. The van der Waals surface area contributed by atoms with Crippen molar-refractivity contribution in [2.45, 2.75) is 46.6 Å². The molecule has 0 amide bonds. The van der Waals surface area contributed by atoms with Gasteiger partial charge in [0.1, 0.15) is 17.3 Å². The van der Waals surface area contributed by atoms with Crippen molar-refractivity contribution in [1.29, 1.82) is 0 Å². The number of imidazole rings is 1. The molecule has 2 aromatic rings. The van der Waals surface area contributed by atoms with Gasteiger partial charge in [-0.2, -0.15) is 0 Å². The first kappa shape index (κ1) is 13.6. The second kappa shape index (κ2) is 5.87. The number of nitrogens with zero attached hydrogens (tertiary/aromatic N) is 3. The highest BCUT2D eigenvalue weighted by Crippen LogP contribution is 2.26. The van der Waals surface area contributed by atoms with E-state index in [4.69, 9.17) is 10.7 Å². The molecule has 0 saturated carbocycles. The van der Waals surface area contributed by atoms with Gasteiger partial charge < -0.3 is 10.3 Å². The number of rotatable bonds is 5. The molecule has 102 valence electrons. The number of anilines is 1. The molecule has 0 unspecified atom stereocenters. The lowest BCUT2D eigenvalue weighted by Gasteiger charge is -2.07. The summed E-state index contributed by atoms with van der Waals surface area (Å²) in [6.07, 6.45) is 4.94. The summed E-state index contributed by atoms with van der Waals surface area (Å²) < 4.78 is 2.14. The molecule has 0 aliphatic rings. The monoisotopic (exact) mass is 258 g/mol. The molecule has 2 aromatic heterocycles. The van der Waals surface area contributed by atoms with E-state index < -0.39 is 0 Å². The lowest BCUT2D eigenvalue weighted by atomic mass is 10.2. The SMILES string of the molecule is CCCc1nc(-c2ccc(C)nc2)c(N)n1CCC. The van der Waals surface area contributed by atoms with Crippen LogP contribution in [-0.2, 0) is 13.0 Å². The van der Waals surface area contributed by atoms with Crippen molar-refractivity contribution in [2.24, 2.45) is 0 Å². The zero-order chi connectivity index (χ0) is 13.8. The maximum Gasteiger partial charge on any atom is 0.131 e. The molecule has 0 saturated heterocycles. The second-order valence-corrected chi connectivity index (χ2v) is 4.85. The average molecular weight is 258 g/mol. The summed E-state index contributed by atoms with van der Waals surface area (Å²) in [6.45, 7) is 7.22. The molecule has 4 heteroatoms. The molecule has 2 N–H and O–H groups in total. The Morgan fingerprint density at radius 3 is 2.58 bits per heavy atom. The van der Waals surface area contributed by atoms with E-state index in [9.17, 15) is 0 Å². The highest BCUT2D eigenvalue weighted by atomic mass is 15.1. The van der Waals surface area contributed by atoms with E-state index >= 15 is 0 Å². The first-order valence-electron chi connectivity index (χ1n) is 6.95. The highest BCUT2D eigenvalue weighted by molar-refractivity contribution is 5.70. The molecule has 0 bridgehead atoms. The Labute approximate surface area is 114 Å². The zero-order valence-electron chi connectivity index (χ0n) is 12.0. The van der Waals surface area contributed by atoms with Crippen LogP contribution in [0.2, 0.25) is 0 Å². The standard InChI is InChI=1S/C15H22N4/c1-4-6-13-18-14(15(16)19(13)9-5-2)12-8-7-11(3)17-10-12/h7-8,10H,4-6,9,16H2,1-3H3. The molecule has 0 radical (unpaired) electrons. The van der Waals surface area contributed by atoms with E-state index in [0.717, 1.165) is 54.4 Å². The van der Waals surface area contributed by atoms with Crippen molar-refractivity contribution in [1.82, 2.24) is 14.5 Å². The number of aromatic nitrogens is 3. The van der Waals surface area contributed by atoms with Crippen LogP contribution < -0.4 is 5.73 Å². The van der Waals surface area contributed by atoms with Gasteiger partial charge >= 0.3 is 0 Å². The van der Waals surface area contributed by atoms with Gasteiger partial charge in [0.25, 0.3) is 0 Å². The summed E-state index contributed by atoms with van der Waals surface area (Å²) >= 11 is 0. The minimum absolute atomic E-state index is 0.760. The van der Waals surface area contributed by atoms with E-state index in [-0.39, 0.29) is 0 Å². The van der Waals surface area contributed by atoms with Gasteiger partial charge in [-0.05, 0) is 31.9 Å². The highest BCUT2D eigenvalue weighted by Gasteiger charge is 2.15. The van der Waals surface area contributed by atoms with Gasteiger partial charge in [0.15, 0.2) is 0 Å². The molecule has 0 aromatic carbocycles. The maximum absolute atomic E-state index is 6.26. The Morgan fingerprint density at radius 2 is 2.00 bits per heavy atom. The lowest BCUT2D eigenvalue weighted by molar-refractivity contribution is 0.637. The molecular weight excluding hydrogens is 236 g/mol. The third-order valence-corrected chi connectivity index (χ3v) is 3.19. The number of nitrogen functional groups attached to an aromatic ring is 1. The topological polar surface area (TPSA) is 56.7 Å². The summed E-state index contributed by atoms with van der Waals surface area (Å²) in [7, 11) is 0. The van der Waals surface area contributed by atoms with Crippen LogP contribution in [0, 0.1) is 6.92 Å². The smallest absolute Gasteiger partial charge is 0.131 e. The normalized spacial score (nSPS) is 10.9. The fraction of sp³-hybridized carbons (Fsp3) is 0.467. The number of hydrogen-bond donors (Lipinski definition) is 1. The van der Waals surface area contributed by atoms with Crippen LogP contribution >= 0.6 is 0 Å². The second-order valence-electron chi connectivity index (χ2n) is 4.85. The fourth-order valence-corrected chi connectivity index (χ4v) is 2.22. The lowest BCUT2D eigenvalue weighted by Crippen LogP contribution is -2.06. The summed E-state index contributed by atoms with van der Waals surface area (Å²) in [6, 6.07) is 4.03. The molecule has 4 nitrogen and oxygen atoms in total. The van der Waals surface area contributed by atoms with Crippen molar-refractivity contribution in [3.05, 3.63) is 29.8 Å². The van der Waals surface area contributed by atoms with Crippen LogP contribution in [0.25, 0.3) is 11.3 Å². The van der Waals surface area contributed by atoms with Crippen LogP contribution in [0.4, 0.5) is 5.82 Å². The van der Waals surface area contributed by atoms with Gasteiger partial charge in [-0.25, -0.2) is 4.98 Å². The Morgan fingerprint density at radius 1 is 1.21 bits per heavy atom. The van der Waals surface area contributed by atoms with Crippen LogP contribution in [-0.4, -0.2) is 14.5 Å². The van der Waals surface area contributed by atoms with E-state index in [1.54, 1.807) is 0 Å². The average Bonchev–Trinajstić information content (AvgIpc) is 2.70. The number of nitrogens with two attached hydrogens (primary N) is 1. The molecular formula is C15H22N4. The van der Waals surface area contributed by atoms with Crippen molar-refractivity contribution in [3.63, 3.8) is 0 Å². The summed E-state index contributed by atoms with van der Waals surface area (Å²) in [5.41, 5.74) is 9.13. The summed E-state index contributed by atoms with van der Waals surface area (Å²) in [5, 5.41) is 0. The Kier molecular flexibility index (Phi) is 4.20. The molecule has 0 atom stereocenters. The number of aryl methyl sites for hydroxylation is 2. The molecule has 0 spiro atoms. The quantitative estimate of drug-likeness (QED) is 0.896. The van der Waals surface area contributed by atoms with Crippen molar-refractivity contribution in [2.75, 3.05) is 5.73 Å². The van der Waals surface area contributed by atoms with Gasteiger partial charge in [-0.15, -0.1) is 0 Å². The van der Waals surface area contributed by atoms with Crippen LogP contribution in [0.1, 0.15) is 38.2 Å². The Bertz CT molecular complexity index is 540. The van der Waals surface area contributed by atoms with E-state index in [1.165, 1.54) is 0 Å². The number of pyridine rings is 1. The van der Waals surface area contributed by atoms with Gasteiger partial charge in [-0.3, -0.25) is 4.98 Å². The van der Waals surface area contributed by atoms with Crippen LogP contribution in [0.3, 0.4) is 0 Å². The molecule has 0 aliphatic heterocycles. The molecule has 2 rings (SSSR count). The van der Waals surface area contributed by atoms with Crippen LogP contribution in [0.15, 0.2) is 18.3 Å². The zero-order valence-corrected chi connectivity index (χ0v) is 12.0.